The first-order valence-corrected chi connectivity index (χ1v) is 7.37. The molecule has 0 aromatic carbocycles. The van der Waals surface area contributed by atoms with Gasteiger partial charge in [0.15, 0.2) is 0 Å². The molecule has 0 saturated heterocycles. The van der Waals surface area contributed by atoms with Crippen molar-refractivity contribution in [2.45, 2.75) is 19.9 Å². The molecule has 0 aliphatic rings. The molecule has 0 fully saturated rings. The minimum absolute atomic E-state index is 0.631. The summed E-state index contributed by atoms with van der Waals surface area (Å²) in [5.41, 5.74) is 0. The van der Waals surface area contributed by atoms with E-state index in [4.69, 9.17) is 0 Å². The number of rotatable bonds is 4. The molecule has 3 aromatic rings. The van der Waals surface area contributed by atoms with E-state index in [1.807, 2.05) is 13.1 Å². The third-order valence-electron chi connectivity index (χ3n) is 3.03. The second kappa shape index (κ2) is 5.50. The van der Waals surface area contributed by atoms with E-state index in [0.717, 1.165) is 34.1 Å². The standard InChI is InChI=1S/C14H15N5S/c1-3-11-17-13(10-5-8-20-14(10)18-11)19(2)9-12-15-6-4-7-16-12/h4-8H,3,9H2,1-2H3. The Morgan fingerprint density at radius 3 is 2.70 bits per heavy atom. The minimum Gasteiger partial charge on any atom is -0.351 e. The molecule has 0 saturated carbocycles. The van der Waals surface area contributed by atoms with Crippen molar-refractivity contribution >= 4 is 27.4 Å². The van der Waals surface area contributed by atoms with E-state index in [2.05, 4.69) is 43.2 Å². The van der Waals surface area contributed by atoms with Gasteiger partial charge < -0.3 is 4.90 Å². The SMILES string of the molecule is CCc1nc(N(C)Cc2ncccn2)c2ccsc2n1. The van der Waals surface area contributed by atoms with Gasteiger partial charge in [0.1, 0.15) is 22.3 Å². The van der Waals surface area contributed by atoms with Gasteiger partial charge in [-0.15, -0.1) is 11.3 Å². The predicted octanol–water partition coefficient (Wildman–Crippen LogP) is 2.68. The summed E-state index contributed by atoms with van der Waals surface area (Å²) in [5.74, 6) is 2.60. The summed E-state index contributed by atoms with van der Waals surface area (Å²) in [5, 5.41) is 3.14. The molecular weight excluding hydrogens is 270 g/mol. The van der Waals surface area contributed by atoms with Crippen molar-refractivity contribution in [3.05, 3.63) is 41.6 Å². The topological polar surface area (TPSA) is 54.8 Å². The minimum atomic E-state index is 0.631. The van der Waals surface area contributed by atoms with Crippen LogP contribution in [-0.4, -0.2) is 27.0 Å². The smallest absolute Gasteiger partial charge is 0.147 e. The molecule has 3 aromatic heterocycles. The van der Waals surface area contributed by atoms with Crippen LogP contribution in [0, 0.1) is 0 Å². The van der Waals surface area contributed by atoms with Crippen molar-refractivity contribution in [2.24, 2.45) is 0 Å². The van der Waals surface area contributed by atoms with E-state index >= 15 is 0 Å². The van der Waals surface area contributed by atoms with Crippen LogP contribution < -0.4 is 4.90 Å². The van der Waals surface area contributed by atoms with Crippen LogP contribution in [0.1, 0.15) is 18.6 Å². The number of aryl methyl sites for hydroxylation is 1. The first-order valence-electron chi connectivity index (χ1n) is 6.49. The molecule has 0 atom stereocenters. The van der Waals surface area contributed by atoms with E-state index in [9.17, 15) is 0 Å². The highest BCUT2D eigenvalue weighted by atomic mass is 32.1. The van der Waals surface area contributed by atoms with Crippen LogP contribution in [0.5, 0.6) is 0 Å². The van der Waals surface area contributed by atoms with E-state index < -0.39 is 0 Å². The predicted molar refractivity (Wildman–Crippen MR) is 80.9 cm³/mol. The molecule has 0 aliphatic carbocycles. The Morgan fingerprint density at radius 2 is 1.95 bits per heavy atom. The molecule has 5 nitrogen and oxygen atoms in total. The average molecular weight is 285 g/mol. The van der Waals surface area contributed by atoms with Crippen LogP contribution in [0.15, 0.2) is 29.9 Å². The third-order valence-corrected chi connectivity index (χ3v) is 3.83. The largest absolute Gasteiger partial charge is 0.351 e. The van der Waals surface area contributed by atoms with Crippen LogP contribution >= 0.6 is 11.3 Å². The fourth-order valence-corrected chi connectivity index (χ4v) is 2.81. The zero-order chi connectivity index (χ0) is 13.9. The van der Waals surface area contributed by atoms with E-state index in [1.54, 1.807) is 23.7 Å². The first kappa shape index (κ1) is 12.9. The Bertz CT molecular complexity index is 710. The molecule has 0 N–H and O–H groups in total. The summed E-state index contributed by atoms with van der Waals surface area (Å²) in [6, 6.07) is 3.89. The fourth-order valence-electron chi connectivity index (χ4n) is 2.03. The van der Waals surface area contributed by atoms with E-state index in [0.29, 0.717) is 6.54 Å². The molecule has 0 unspecified atom stereocenters. The highest BCUT2D eigenvalue weighted by molar-refractivity contribution is 7.16. The molecule has 0 bridgehead atoms. The maximum absolute atomic E-state index is 4.65. The Morgan fingerprint density at radius 1 is 1.15 bits per heavy atom. The van der Waals surface area contributed by atoms with E-state index in [1.165, 1.54) is 0 Å². The molecule has 102 valence electrons. The van der Waals surface area contributed by atoms with Gasteiger partial charge in [-0.1, -0.05) is 6.92 Å². The summed E-state index contributed by atoms with van der Waals surface area (Å²) in [4.78, 5) is 20.8. The number of thiophene rings is 1. The summed E-state index contributed by atoms with van der Waals surface area (Å²) in [6.45, 7) is 2.70. The lowest BCUT2D eigenvalue weighted by atomic mass is 10.3. The van der Waals surface area contributed by atoms with Crippen LogP contribution in [0.3, 0.4) is 0 Å². The van der Waals surface area contributed by atoms with Gasteiger partial charge >= 0.3 is 0 Å². The van der Waals surface area contributed by atoms with Crippen LogP contribution in [0.2, 0.25) is 0 Å². The van der Waals surface area contributed by atoms with Crippen molar-refractivity contribution in [1.29, 1.82) is 0 Å². The van der Waals surface area contributed by atoms with Crippen LogP contribution in [-0.2, 0) is 13.0 Å². The maximum Gasteiger partial charge on any atom is 0.147 e. The summed E-state index contributed by atoms with van der Waals surface area (Å²) < 4.78 is 0. The van der Waals surface area contributed by atoms with Crippen LogP contribution in [0.25, 0.3) is 10.2 Å². The zero-order valence-corrected chi connectivity index (χ0v) is 12.3. The summed E-state index contributed by atoms with van der Waals surface area (Å²) in [6.07, 6.45) is 4.35. The van der Waals surface area contributed by atoms with Gasteiger partial charge in [-0.2, -0.15) is 0 Å². The third kappa shape index (κ3) is 2.46. The lowest BCUT2D eigenvalue weighted by Crippen LogP contribution is -2.20. The molecule has 3 heterocycles. The Labute approximate surface area is 121 Å². The highest BCUT2D eigenvalue weighted by Gasteiger charge is 2.13. The molecule has 0 aliphatic heterocycles. The molecule has 0 radical (unpaired) electrons. The van der Waals surface area contributed by atoms with Crippen molar-refractivity contribution in [3.63, 3.8) is 0 Å². The Kier molecular flexibility index (Phi) is 3.56. The van der Waals surface area contributed by atoms with Crippen molar-refractivity contribution < 1.29 is 0 Å². The monoisotopic (exact) mass is 285 g/mol. The van der Waals surface area contributed by atoms with Gasteiger partial charge in [-0.05, 0) is 17.5 Å². The van der Waals surface area contributed by atoms with Gasteiger partial charge in [0, 0.05) is 25.9 Å². The van der Waals surface area contributed by atoms with E-state index in [-0.39, 0.29) is 0 Å². The Balaban J connectivity index is 1.98. The maximum atomic E-state index is 4.65. The van der Waals surface area contributed by atoms with Gasteiger partial charge in [0.2, 0.25) is 0 Å². The van der Waals surface area contributed by atoms with Crippen LogP contribution in [0.4, 0.5) is 5.82 Å². The van der Waals surface area contributed by atoms with Gasteiger partial charge in [-0.25, -0.2) is 19.9 Å². The molecule has 3 rings (SSSR count). The molecule has 6 heteroatoms. The normalized spacial score (nSPS) is 10.9. The van der Waals surface area contributed by atoms with Crippen molar-refractivity contribution in [3.8, 4) is 0 Å². The number of anilines is 1. The summed E-state index contributed by atoms with van der Waals surface area (Å²) in [7, 11) is 2.01. The molecule has 0 spiro atoms. The second-order valence-corrected chi connectivity index (χ2v) is 5.37. The summed E-state index contributed by atoms with van der Waals surface area (Å²) >= 11 is 1.65. The lowest BCUT2D eigenvalue weighted by Gasteiger charge is -2.18. The quantitative estimate of drug-likeness (QED) is 0.737. The fraction of sp³-hybridized carbons (Fsp3) is 0.286. The molecule has 0 amide bonds. The van der Waals surface area contributed by atoms with Crippen molar-refractivity contribution in [1.82, 2.24) is 19.9 Å². The Hall–Kier alpha value is -2.08. The lowest BCUT2D eigenvalue weighted by molar-refractivity contribution is 0.817. The van der Waals surface area contributed by atoms with Gasteiger partial charge in [-0.3, -0.25) is 0 Å². The molecular formula is C14H15N5S. The number of hydrogen-bond acceptors (Lipinski definition) is 6. The number of aromatic nitrogens is 4. The zero-order valence-electron chi connectivity index (χ0n) is 11.4. The highest BCUT2D eigenvalue weighted by Crippen LogP contribution is 2.27. The number of hydrogen-bond donors (Lipinski definition) is 0. The average Bonchev–Trinajstić information content (AvgIpc) is 2.95. The second-order valence-electron chi connectivity index (χ2n) is 4.48. The molecule has 20 heavy (non-hydrogen) atoms. The van der Waals surface area contributed by atoms with Crippen molar-refractivity contribution in [2.75, 3.05) is 11.9 Å². The first-order chi connectivity index (χ1) is 9.78. The van der Waals surface area contributed by atoms with Gasteiger partial charge in [0.05, 0.1) is 11.9 Å². The number of fused-ring (bicyclic) bond motifs is 1. The van der Waals surface area contributed by atoms with Gasteiger partial charge in [0.25, 0.3) is 0 Å². The number of nitrogens with zero attached hydrogens (tertiary/aromatic N) is 5.